The van der Waals surface area contributed by atoms with Crippen LogP contribution in [0.1, 0.15) is 35.6 Å². The predicted molar refractivity (Wildman–Crippen MR) is 66.3 cm³/mol. The second-order valence-electron chi connectivity index (χ2n) is 4.23. The monoisotopic (exact) mass is 237 g/mol. The van der Waals surface area contributed by atoms with Crippen LogP contribution < -0.4 is 10.5 Å². The highest BCUT2D eigenvalue weighted by atomic mass is 16.5. The summed E-state index contributed by atoms with van der Waals surface area (Å²) in [6, 6.07) is 3.67. The number of ether oxygens (including phenoxy) is 1. The minimum absolute atomic E-state index is 0.0886. The number of benzene rings is 1. The van der Waals surface area contributed by atoms with Crippen LogP contribution in [-0.2, 0) is 4.79 Å². The van der Waals surface area contributed by atoms with Gasteiger partial charge in [-0.05, 0) is 37.0 Å². The molecule has 1 aromatic carbocycles. The molecule has 1 unspecified atom stereocenters. The van der Waals surface area contributed by atoms with Crippen LogP contribution in [0.4, 0.5) is 0 Å². The van der Waals surface area contributed by atoms with Crippen LogP contribution in [0.15, 0.2) is 12.1 Å². The van der Waals surface area contributed by atoms with Gasteiger partial charge >= 0.3 is 5.97 Å². The van der Waals surface area contributed by atoms with E-state index < -0.39 is 5.97 Å². The molecular formula is C13H19NO3. The zero-order valence-corrected chi connectivity index (χ0v) is 10.5. The summed E-state index contributed by atoms with van der Waals surface area (Å²) in [5.74, 6) is 0.0431. The second-order valence-corrected chi connectivity index (χ2v) is 4.23. The van der Waals surface area contributed by atoms with Crippen LogP contribution in [0, 0.1) is 13.8 Å². The number of nitrogens with two attached hydrogens (primary N) is 1. The molecule has 0 spiro atoms. The minimum Gasteiger partial charge on any atom is -0.496 e. The Morgan fingerprint density at radius 2 is 1.94 bits per heavy atom. The highest BCUT2D eigenvalue weighted by Gasteiger charge is 2.12. The third-order valence-electron chi connectivity index (χ3n) is 2.78. The molecule has 1 aromatic rings. The number of carbonyl (C=O) groups is 1. The summed E-state index contributed by atoms with van der Waals surface area (Å²) in [6.45, 7) is 3.92. The van der Waals surface area contributed by atoms with Crippen LogP contribution in [0.5, 0.6) is 5.75 Å². The average Bonchev–Trinajstić information content (AvgIpc) is 2.25. The van der Waals surface area contributed by atoms with Crippen molar-refractivity contribution in [2.45, 2.75) is 32.7 Å². The molecule has 1 rings (SSSR count). The maximum Gasteiger partial charge on any atom is 0.303 e. The molecule has 0 aliphatic heterocycles. The lowest BCUT2D eigenvalue weighted by atomic mass is 9.98. The first-order chi connectivity index (χ1) is 7.95. The number of carboxylic acids is 1. The van der Waals surface area contributed by atoms with E-state index in [9.17, 15) is 4.79 Å². The molecule has 0 bridgehead atoms. The smallest absolute Gasteiger partial charge is 0.303 e. The summed E-state index contributed by atoms with van der Waals surface area (Å²) in [7, 11) is 1.64. The van der Waals surface area contributed by atoms with E-state index in [0.29, 0.717) is 6.42 Å². The minimum atomic E-state index is -0.817. The zero-order valence-electron chi connectivity index (χ0n) is 10.5. The van der Waals surface area contributed by atoms with Gasteiger partial charge in [0, 0.05) is 12.5 Å². The molecule has 0 aliphatic rings. The number of hydrogen-bond donors (Lipinski definition) is 2. The van der Waals surface area contributed by atoms with E-state index in [1.54, 1.807) is 7.11 Å². The summed E-state index contributed by atoms with van der Waals surface area (Å²) in [5, 5.41) is 8.63. The van der Waals surface area contributed by atoms with Crippen LogP contribution >= 0.6 is 0 Å². The Labute approximate surface area is 101 Å². The fourth-order valence-corrected chi connectivity index (χ4v) is 1.97. The van der Waals surface area contributed by atoms with Crippen LogP contribution in [0.2, 0.25) is 0 Å². The molecule has 0 saturated carbocycles. The van der Waals surface area contributed by atoms with Gasteiger partial charge in [0.25, 0.3) is 0 Å². The van der Waals surface area contributed by atoms with Gasteiger partial charge in [-0.2, -0.15) is 0 Å². The van der Waals surface area contributed by atoms with Crippen molar-refractivity contribution in [2.75, 3.05) is 7.11 Å². The predicted octanol–water partition coefficient (Wildman–Crippen LogP) is 2.18. The number of rotatable bonds is 5. The number of methoxy groups -OCH3 is 1. The molecule has 4 nitrogen and oxygen atoms in total. The first-order valence-electron chi connectivity index (χ1n) is 5.58. The molecular weight excluding hydrogens is 218 g/mol. The molecule has 3 N–H and O–H groups in total. The summed E-state index contributed by atoms with van der Waals surface area (Å²) < 4.78 is 5.27. The summed E-state index contributed by atoms with van der Waals surface area (Å²) in [4.78, 5) is 10.5. The van der Waals surface area contributed by atoms with E-state index in [-0.39, 0.29) is 12.5 Å². The van der Waals surface area contributed by atoms with Crippen LogP contribution in [-0.4, -0.2) is 18.2 Å². The van der Waals surface area contributed by atoms with Crippen molar-refractivity contribution in [2.24, 2.45) is 5.73 Å². The second kappa shape index (κ2) is 5.68. The molecule has 1 atom stereocenters. The topological polar surface area (TPSA) is 72.5 Å². The Kier molecular flexibility index (Phi) is 4.52. The molecule has 17 heavy (non-hydrogen) atoms. The highest BCUT2D eigenvalue weighted by molar-refractivity contribution is 5.66. The summed E-state index contributed by atoms with van der Waals surface area (Å²) >= 11 is 0. The van der Waals surface area contributed by atoms with Crippen LogP contribution in [0.3, 0.4) is 0 Å². The lowest BCUT2D eigenvalue weighted by molar-refractivity contribution is -0.137. The molecule has 94 valence electrons. The number of carboxylic acid groups (broad SMARTS) is 1. The molecule has 0 heterocycles. The Morgan fingerprint density at radius 3 is 2.35 bits per heavy atom. The van der Waals surface area contributed by atoms with Crippen molar-refractivity contribution in [1.29, 1.82) is 0 Å². The standard InChI is InChI=1S/C13H19NO3/c1-8-6-10(7-9(2)13(8)17-3)11(14)4-5-12(15)16/h6-7,11H,4-5,14H2,1-3H3,(H,15,16). The van der Waals surface area contributed by atoms with Crippen molar-refractivity contribution >= 4 is 5.97 Å². The van der Waals surface area contributed by atoms with E-state index in [2.05, 4.69) is 0 Å². The van der Waals surface area contributed by atoms with Gasteiger partial charge in [0.05, 0.1) is 7.11 Å². The maximum atomic E-state index is 10.5. The molecule has 0 fully saturated rings. The highest BCUT2D eigenvalue weighted by Crippen LogP contribution is 2.27. The molecule has 0 aromatic heterocycles. The SMILES string of the molecule is COc1c(C)cc(C(N)CCC(=O)O)cc1C. The van der Waals surface area contributed by atoms with Gasteiger partial charge in [-0.25, -0.2) is 0 Å². The number of aliphatic carboxylic acids is 1. The lowest BCUT2D eigenvalue weighted by Crippen LogP contribution is -2.13. The first kappa shape index (κ1) is 13.5. The van der Waals surface area contributed by atoms with Crippen molar-refractivity contribution in [3.05, 3.63) is 28.8 Å². The van der Waals surface area contributed by atoms with Crippen molar-refractivity contribution in [3.63, 3.8) is 0 Å². The van der Waals surface area contributed by atoms with Gasteiger partial charge in [-0.15, -0.1) is 0 Å². The Bertz CT molecular complexity index is 392. The van der Waals surface area contributed by atoms with E-state index in [1.165, 1.54) is 0 Å². The molecule has 0 aliphatic carbocycles. The van der Waals surface area contributed by atoms with Gasteiger partial charge in [0.15, 0.2) is 0 Å². The Balaban J connectivity index is 2.88. The van der Waals surface area contributed by atoms with Gasteiger partial charge in [-0.3, -0.25) is 4.79 Å². The Hall–Kier alpha value is -1.55. The third kappa shape index (κ3) is 3.46. The van der Waals surface area contributed by atoms with Gasteiger partial charge in [0.1, 0.15) is 5.75 Å². The van der Waals surface area contributed by atoms with E-state index in [1.807, 2.05) is 26.0 Å². The van der Waals surface area contributed by atoms with Crippen molar-refractivity contribution < 1.29 is 14.6 Å². The normalized spacial score (nSPS) is 12.2. The van der Waals surface area contributed by atoms with Crippen molar-refractivity contribution in [1.82, 2.24) is 0 Å². The molecule has 0 radical (unpaired) electrons. The first-order valence-corrected chi connectivity index (χ1v) is 5.58. The van der Waals surface area contributed by atoms with Gasteiger partial charge in [0.2, 0.25) is 0 Å². The quantitative estimate of drug-likeness (QED) is 0.823. The average molecular weight is 237 g/mol. The fraction of sp³-hybridized carbons (Fsp3) is 0.462. The van der Waals surface area contributed by atoms with E-state index in [0.717, 1.165) is 22.4 Å². The molecule has 4 heteroatoms. The Morgan fingerprint density at radius 1 is 1.41 bits per heavy atom. The van der Waals surface area contributed by atoms with Crippen molar-refractivity contribution in [3.8, 4) is 5.75 Å². The van der Waals surface area contributed by atoms with Gasteiger partial charge in [-0.1, -0.05) is 12.1 Å². The zero-order chi connectivity index (χ0) is 13.0. The van der Waals surface area contributed by atoms with E-state index in [4.69, 9.17) is 15.6 Å². The maximum absolute atomic E-state index is 10.5. The van der Waals surface area contributed by atoms with Crippen LogP contribution in [0.25, 0.3) is 0 Å². The van der Waals surface area contributed by atoms with E-state index >= 15 is 0 Å². The largest absolute Gasteiger partial charge is 0.496 e. The lowest BCUT2D eigenvalue weighted by Gasteiger charge is -2.15. The summed E-state index contributed by atoms with van der Waals surface area (Å²) in [5.41, 5.74) is 8.97. The fourth-order valence-electron chi connectivity index (χ4n) is 1.97. The third-order valence-corrected chi connectivity index (χ3v) is 2.78. The summed E-state index contributed by atoms with van der Waals surface area (Å²) in [6.07, 6.45) is 0.534. The molecule has 0 amide bonds. The number of hydrogen-bond acceptors (Lipinski definition) is 3. The molecule has 0 saturated heterocycles. The number of aryl methyl sites for hydroxylation is 2. The van der Waals surface area contributed by atoms with Gasteiger partial charge < -0.3 is 15.6 Å².